The molecule has 1 saturated heterocycles. The number of sulfone groups is 1. The van der Waals surface area contributed by atoms with E-state index in [0.717, 1.165) is 0 Å². The van der Waals surface area contributed by atoms with Gasteiger partial charge in [-0.1, -0.05) is 35.3 Å². The smallest absolute Gasteiger partial charge is 0.311 e. The second-order valence-electron chi connectivity index (χ2n) is 6.87. The topological polar surface area (TPSA) is 86.7 Å². The molecule has 2 aromatic rings. The molecule has 0 spiro atoms. The fourth-order valence-corrected chi connectivity index (χ4v) is 5.86. The molecule has 1 fully saturated rings. The molecule has 0 bridgehead atoms. The maximum absolute atomic E-state index is 12.3. The number of carbonyl (C=O) groups is 2. The van der Waals surface area contributed by atoms with Gasteiger partial charge in [0.15, 0.2) is 9.84 Å². The maximum atomic E-state index is 12.3. The van der Waals surface area contributed by atoms with E-state index >= 15 is 0 Å². The zero-order valence-corrected chi connectivity index (χ0v) is 17.5. The molecular formula is C20H18Cl2O6S. The van der Waals surface area contributed by atoms with Crippen LogP contribution in [0.25, 0.3) is 0 Å². The summed E-state index contributed by atoms with van der Waals surface area (Å²) in [6, 6.07) is 12.7. The van der Waals surface area contributed by atoms with Gasteiger partial charge in [-0.05, 0) is 48.2 Å². The minimum atomic E-state index is -3.35. The molecule has 1 aliphatic heterocycles. The first-order chi connectivity index (χ1) is 13.7. The van der Waals surface area contributed by atoms with Crippen LogP contribution in [0.1, 0.15) is 12.8 Å². The molecule has 1 aliphatic rings. The van der Waals surface area contributed by atoms with Crippen molar-refractivity contribution in [3.8, 4) is 11.5 Å². The van der Waals surface area contributed by atoms with E-state index in [9.17, 15) is 18.0 Å². The first kappa shape index (κ1) is 21.6. The van der Waals surface area contributed by atoms with Gasteiger partial charge in [0.2, 0.25) is 0 Å². The van der Waals surface area contributed by atoms with E-state index in [0.29, 0.717) is 10.0 Å². The predicted octanol–water partition coefficient (Wildman–Crippen LogP) is 3.95. The van der Waals surface area contributed by atoms with Crippen LogP contribution in [0.3, 0.4) is 0 Å². The number of hydrogen-bond donors (Lipinski definition) is 0. The van der Waals surface area contributed by atoms with Gasteiger partial charge in [0.25, 0.3) is 0 Å². The van der Waals surface area contributed by atoms with Crippen LogP contribution in [0.15, 0.2) is 48.5 Å². The highest BCUT2D eigenvalue weighted by atomic mass is 35.5. The summed E-state index contributed by atoms with van der Waals surface area (Å²) in [6.45, 7) is 0. The minimum Gasteiger partial charge on any atom is -0.426 e. The lowest BCUT2D eigenvalue weighted by Gasteiger charge is -2.16. The Morgan fingerprint density at radius 2 is 1.24 bits per heavy atom. The number of hydrogen-bond acceptors (Lipinski definition) is 6. The zero-order chi connectivity index (χ0) is 21.0. The van der Waals surface area contributed by atoms with Crippen LogP contribution >= 0.6 is 23.2 Å². The Morgan fingerprint density at radius 3 is 1.62 bits per heavy atom. The van der Waals surface area contributed by atoms with Crippen LogP contribution in [-0.4, -0.2) is 31.9 Å². The van der Waals surface area contributed by atoms with Crippen molar-refractivity contribution < 1.29 is 27.5 Å². The van der Waals surface area contributed by atoms with Crippen LogP contribution in [0.4, 0.5) is 0 Å². The van der Waals surface area contributed by atoms with E-state index in [2.05, 4.69) is 0 Å². The molecule has 2 aromatic carbocycles. The molecule has 0 radical (unpaired) electrons. The molecule has 9 heteroatoms. The largest absolute Gasteiger partial charge is 0.426 e. The van der Waals surface area contributed by atoms with E-state index in [1.54, 1.807) is 36.4 Å². The fraction of sp³-hybridized carbons (Fsp3) is 0.300. The van der Waals surface area contributed by atoms with E-state index in [4.69, 9.17) is 32.7 Å². The first-order valence-corrected chi connectivity index (χ1v) is 11.4. The van der Waals surface area contributed by atoms with Gasteiger partial charge in [-0.25, -0.2) is 8.42 Å². The lowest BCUT2D eigenvalue weighted by molar-refractivity contribution is -0.138. The number of carbonyl (C=O) groups excluding carboxylic acids is 2. The second-order valence-corrected chi connectivity index (χ2v) is 9.89. The van der Waals surface area contributed by atoms with Gasteiger partial charge in [-0.15, -0.1) is 0 Å². The molecule has 0 aromatic heterocycles. The third-order valence-electron chi connectivity index (χ3n) is 4.52. The molecule has 154 valence electrons. The minimum absolute atomic E-state index is 0.124. The molecule has 29 heavy (non-hydrogen) atoms. The number of ether oxygens (including phenoxy) is 2. The van der Waals surface area contributed by atoms with Crippen molar-refractivity contribution in [3.05, 3.63) is 58.6 Å². The Bertz CT molecular complexity index is 946. The highest BCUT2D eigenvalue weighted by molar-refractivity contribution is 7.91. The number of halogens is 2. The SMILES string of the molecule is O=C(C[C@H]1CS(=O)(=O)C[C@@H]1CC(=O)Oc1cccc(Cl)c1)Oc1cccc(Cl)c1. The Labute approximate surface area is 178 Å². The monoisotopic (exact) mass is 456 g/mol. The Hall–Kier alpha value is -2.09. The van der Waals surface area contributed by atoms with Gasteiger partial charge >= 0.3 is 11.9 Å². The second kappa shape index (κ2) is 9.15. The van der Waals surface area contributed by atoms with E-state index in [1.807, 2.05) is 0 Å². The van der Waals surface area contributed by atoms with Gasteiger partial charge in [-0.2, -0.15) is 0 Å². The molecule has 0 unspecified atom stereocenters. The summed E-state index contributed by atoms with van der Waals surface area (Å²) < 4.78 is 34.6. The van der Waals surface area contributed by atoms with Crippen molar-refractivity contribution in [1.82, 2.24) is 0 Å². The lowest BCUT2D eigenvalue weighted by atomic mass is 9.90. The summed E-state index contributed by atoms with van der Waals surface area (Å²) >= 11 is 11.7. The van der Waals surface area contributed by atoms with Crippen molar-refractivity contribution in [1.29, 1.82) is 0 Å². The molecule has 0 saturated carbocycles. The van der Waals surface area contributed by atoms with Crippen molar-refractivity contribution in [2.45, 2.75) is 12.8 Å². The Kier molecular flexibility index (Phi) is 6.82. The van der Waals surface area contributed by atoms with Crippen molar-refractivity contribution in [3.63, 3.8) is 0 Å². The Balaban J connectivity index is 1.62. The first-order valence-electron chi connectivity index (χ1n) is 8.83. The predicted molar refractivity (Wildman–Crippen MR) is 109 cm³/mol. The molecule has 2 atom stereocenters. The Morgan fingerprint density at radius 1 is 0.828 bits per heavy atom. The summed E-state index contributed by atoms with van der Waals surface area (Å²) in [5.74, 6) is -2.01. The maximum Gasteiger partial charge on any atom is 0.311 e. The number of rotatable bonds is 6. The van der Waals surface area contributed by atoms with Gasteiger partial charge in [0, 0.05) is 10.0 Å². The van der Waals surface area contributed by atoms with E-state index < -0.39 is 33.6 Å². The number of benzene rings is 2. The summed E-state index contributed by atoms with van der Waals surface area (Å²) in [5, 5.41) is 0.834. The molecule has 0 N–H and O–H groups in total. The highest BCUT2D eigenvalue weighted by Crippen LogP contribution is 2.32. The highest BCUT2D eigenvalue weighted by Gasteiger charge is 2.40. The van der Waals surface area contributed by atoms with Crippen molar-refractivity contribution in [2.75, 3.05) is 11.5 Å². The third-order valence-corrected chi connectivity index (χ3v) is 6.86. The zero-order valence-electron chi connectivity index (χ0n) is 15.2. The fourth-order valence-electron chi connectivity index (χ4n) is 3.28. The van der Waals surface area contributed by atoms with Crippen molar-refractivity contribution >= 4 is 45.0 Å². The molecule has 3 rings (SSSR count). The standard InChI is InChI=1S/C20H18Cl2O6S/c21-15-3-1-5-17(9-15)27-19(23)7-13-11-29(25,26)12-14(13)8-20(24)28-18-6-2-4-16(22)10-18/h1-6,9-10,13-14H,7-8,11-12H2/t13-,14-/m0/s1. The lowest BCUT2D eigenvalue weighted by Crippen LogP contribution is -2.23. The van der Waals surface area contributed by atoms with Gasteiger partial charge < -0.3 is 9.47 Å². The van der Waals surface area contributed by atoms with Crippen LogP contribution in [0.5, 0.6) is 11.5 Å². The quantitative estimate of drug-likeness (QED) is 0.483. The number of esters is 2. The van der Waals surface area contributed by atoms with E-state index in [-0.39, 0.29) is 35.8 Å². The molecule has 0 aliphatic carbocycles. The summed E-state index contributed by atoms with van der Waals surface area (Å²) in [4.78, 5) is 24.5. The van der Waals surface area contributed by atoms with Crippen molar-refractivity contribution in [2.24, 2.45) is 11.8 Å². The van der Waals surface area contributed by atoms with Crippen LogP contribution < -0.4 is 9.47 Å². The average Bonchev–Trinajstić information content (AvgIpc) is 2.87. The van der Waals surface area contributed by atoms with Crippen LogP contribution in [0.2, 0.25) is 10.0 Å². The van der Waals surface area contributed by atoms with Gasteiger partial charge in [-0.3, -0.25) is 9.59 Å². The van der Waals surface area contributed by atoms with Gasteiger partial charge in [0.1, 0.15) is 11.5 Å². The molecule has 0 amide bonds. The van der Waals surface area contributed by atoms with Crippen LogP contribution in [-0.2, 0) is 19.4 Å². The normalized spacial score (nSPS) is 20.2. The summed E-state index contributed by atoms with van der Waals surface area (Å²) in [7, 11) is -3.35. The molecule has 6 nitrogen and oxygen atoms in total. The summed E-state index contributed by atoms with van der Waals surface area (Å²) in [6.07, 6.45) is -0.248. The summed E-state index contributed by atoms with van der Waals surface area (Å²) in [5.41, 5.74) is 0. The van der Waals surface area contributed by atoms with E-state index in [1.165, 1.54) is 12.1 Å². The molecular weight excluding hydrogens is 439 g/mol. The average molecular weight is 457 g/mol. The van der Waals surface area contributed by atoms with Gasteiger partial charge in [0.05, 0.1) is 24.3 Å². The van der Waals surface area contributed by atoms with Crippen LogP contribution in [0, 0.1) is 11.8 Å². The third kappa shape index (κ3) is 6.45. The molecule has 1 heterocycles.